The minimum absolute atomic E-state index is 0.578. The highest BCUT2D eigenvalue weighted by atomic mass is 32.1. The second-order valence-electron chi connectivity index (χ2n) is 3.78. The van der Waals surface area contributed by atoms with Crippen molar-refractivity contribution < 1.29 is 0 Å². The molecule has 0 saturated carbocycles. The minimum atomic E-state index is 0.578. The zero-order valence-corrected chi connectivity index (χ0v) is 9.77. The molecule has 4 heteroatoms. The minimum Gasteiger partial charge on any atom is -0.379 e. The molecule has 0 aliphatic heterocycles. The van der Waals surface area contributed by atoms with E-state index in [4.69, 9.17) is 0 Å². The first-order valence-corrected chi connectivity index (χ1v) is 5.94. The van der Waals surface area contributed by atoms with E-state index in [-0.39, 0.29) is 0 Å². The first kappa shape index (κ1) is 10.2. The molecule has 0 saturated heterocycles. The monoisotopic (exact) mass is 221 g/mol. The molecule has 0 bridgehead atoms. The molecule has 0 atom stereocenters. The van der Waals surface area contributed by atoms with Crippen LogP contribution in [-0.2, 0) is 6.54 Å². The van der Waals surface area contributed by atoms with Gasteiger partial charge in [0.2, 0.25) is 0 Å². The molecule has 0 amide bonds. The summed E-state index contributed by atoms with van der Waals surface area (Å²) in [6.07, 6.45) is 3.54. The van der Waals surface area contributed by atoms with Crippen molar-refractivity contribution in [3.63, 3.8) is 0 Å². The van der Waals surface area contributed by atoms with Crippen molar-refractivity contribution in [1.82, 2.24) is 9.97 Å². The van der Waals surface area contributed by atoms with Crippen molar-refractivity contribution in [1.29, 1.82) is 0 Å². The quantitative estimate of drug-likeness (QED) is 0.832. The summed E-state index contributed by atoms with van der Waals surface area (Å²) in [6.45, 7) is 5.23. The molecule has 0 spiro atoms. The Hall–Kier alpha value is -1.29. The Labute approximate surface area is 93.6 Å². The summed E-state index contributed by atoms with van der Waals surface area (Å²) in [7, 11) is 0. The molecule has 0 aliphatic carbocycles. The third-order valence-corrected chi connectivity index (χ3v) is 3.46. The fourth-order valence-electron chi connectivity index (χ4n) is 1.49. The number of aromatic amines is 1. The summed E-state index contributed by atoms with van der Waals surface area (Å²) >= 11 is 1.81. The number of thiophene rings is 1. The third-order valence-electron chi connectivity index (χ3n) is 2.24. The van der Waals surface area contributed by atoms with Gasteiger partial charge >= 0.3 is 0 Å². The summed E-state index contributed by atoms with van der Waals surface area (Å²) in [4.78, 5) is 8.48. The van der Waals surface area contributed by atoms with Crippen LogP contribution in [0.3, 0.4) is 0 Å². The van der Waals surface area contributed by atoms with Gasteiger partial charge in [-0.1, -0.05) is 13.8 Å². The van der Waals surface area contributed by atoms with E-state index < -0.39 is 0 Å². The zero-order chi connectivity index (χ0) is 10.7. The third kappa shape index (κ3) is 2.39. The molecule has 2 rings (SSSR count). The molecule has 0 aromatic carbocycles. The lowest BCUT2D eigenvalue weighted by Crippen LogP contribution is -2.01. The van der Waals surface area contributed by atoms with E-state index in [0.29, 0.717) is 5.92 Å². The normalized spacial score (nSPS) is 10.9. The molecule has 2 heterocycles. The molecule has 0 aliphatic rings. The maximum atomic E-state index is 3.99. The molecule has 2 aromatic heterocycles. The van der Waals surface area contributed by atoms with Gasteiger partial charge in [0.15, 0.2) is 0 Å². The average molecular weight is 221 g/mol. The van der Waals surface area contributed by atoms with Crippen molar-refractivity contribution in [2.24, 2.45) is 0 Å². The van der Waals surface area contributed by atoms with E-state index in [9.17, 15) is 0 Å². The van der Waals surface area contributed by atoms with Crippen LogP contribution in [0.4, 0.5) is 5.69 Å². The van der Waals surface area contributed by atoms with Crippen LogP contribution in [0.1, 0.15) is 30.3 Å². The Morgan fingerprint density at radius 1 is 1.53 bits per heavy atom. The molecule has 2 N–H and O–H groups in total. The van der Waals surface area contributed by atoms with Crippen LogP contribution in [-0.4, -0.2) is 9.97 Å². The number of rotatable bonds is 4. The van der Waals surface area contributed by atoms with Gasteiger partial charge in [0, 0.05) is 16.8 Å². The molecule has 0 radical (unpaired) electrons. The zero-order valence-electron chi connectivity index (χ0n) is 8.95. The molecule has 0 fully saturated rings. The van der Waals surface area contributed by atoms with E-state index in [1.165, 1.54) is 10.6 Å². The van der Waals surface area contributed by atoms with Gasteiger partial charge in [0.1, 0.15) is 0 Å². The predicted molar refractivity (Wildman–Crippen MR) is 64.3 cm³/mol. The maximum absolute atomic E-state index is 3.99. The number of anilines is 1. The van der Waals surface area contributed by atoms with Gasteiger partial charge < -0.3 is 10.3 Å². The van der Waals surface area contributed by atoms with E-state index in [1.54, 1.807) is 17.7 Å². The highest BCUT2D eigenvalue weighted by Gasteiger charge is 2.07. The number of nitrogens with zero attached hydrogens (tertiary/aromatic N) is 1. The number of aromatic nitrogens is 2. The highest BCUT2D eigenvalue weighted by Crippen LogP contribution is 2.29. The van der Waals surface area contributed by atoms with Gasteiger partial charge in [-0.3, -0.25) is 0 Å². The number of hydrogen-bond donors (Lipinski definition) is 2. The Kier molecular flexibility index (Phi) is 3.06. The van der Waals surface area contributed by atoms with E-state index in [2.05, 4.69) is 40.6 Å². The van der Waals surface area contributed by atoms with Gasteiger partial charge in [-0.05, 0) is 17.4 Å². The van der Waals surface area contributed by atoms with Crippen molar-refractivity contribution in [2.75, 3.05) is 5.32 Å². The van der Waals surface area contributed by atoms with Crippen LogP contribution in [0.5, 0.6) is 0 Å². The van der Waals surface area contributed by atoms with Crippen molar-refractivity contribution in [2.45, 2.75) is 26.3 Å². The second-order valence-corrected chi connectivity index (χ2v) is 4.73. The summed E-state index contributed by atoms with van der Waals surface area (Å²) in [6, 6.07) is 2.14. The topological polar surface area (TPSA) is 40.7 Å². The lowest BCUT2D eigenvalue weighted by Gasteiger charge is -2.08. The van der Waals surface area contributed by atoms with Crippen LogP contribution >= 0.6 is 11.3 Å². The standard InChI is InChI=1S/C11H15N3S/c1-8(2)11-10(3-4-15-11)13-6-9-5-12-7-14-9/h3-5,7-8,13H,6H2,1-2H3,(H,12,14). The van der Waals surface area contributed by atoms with Gasteiger partial charge in [0.05, 0.1) is 18.6 Å². The van der Waals surface area contributed by atoms with E-state index in [0.717, 1.165) is 12.2 Å². The second kappa shape index (κ2) is 4.49. The first-order chi connectivity index (χ1) is 7.27. The van der Waals surface area contributed by atoms with Gasteiger partial charge in [-0.25, -0.2) is 4.98 Å². The SMILES string of the molecule is CC(C)c1sccc1NCc1cnc[nH]1. The van der Waals surface area contributed by atoms with Crippen molar-refractivity contribution in [3.05, 3.63) is 34.5 Å². The predicted octanol–water partition coefficient (Wildman–Crippen LogP) is 3.21. The average Bonchev–Trinajstić information content (AvgIpc) is 2.86. The summed E-state index contributed by atoms with van der Waals surface area (Å²) in [5.41, 5.74) is 2.35. The van der Waals surface area contributed by atoms with Crippen molar-refractivity contribution in [3.8, 4) is 0 Å². The van der Waals surface area contributed by atoms with Gasteiger partial charge in [0.25, 0.3) is 0 Å². The van der Waals surface area contributed by atoms with E-state index >= 15 is 0 Å². The molecule has 3 nitrogen and oxygen atoms in total. The Morgan fingerprint density at radius 2 is 2.40 bits per heavy atom. The summed E-state index contributed by atoms with van der Waals surface area (Å²) in [5, 5.41) is 5.55. The molecule has 15 heavy (non-hydrogen) atoms. The first-order valence-electron chi connectivity index (χ1n) is 5.06. The van der Waals surface area contributed by atoms with Crippen molar-refractivity contribution >= 4 is 17.0 Å². The molecule has 0 unspecified atom stereocenters. The van der Waals surface area contributed by atoms with Gasteiger partial charge in [-0.15, -0.1) is 11.3 Å². The van der Waals surface area contributed by atoms with Crippen LogP contribution < -0.4 is 5.32 Å². The van der Waals surface area contributed by atoms with Crippen LogP contribution in [0.15, 0.2) is 24.0 Å². The van der Waals surface area contributed by atoms with Crippen LogP contribution in [0.25, 0.3) is 0 Å². The maximum Gasteiger partial charge on any atom is 0.0922 e. The lowest BCUT2D eigenvalue weighted by atomic mass is 10.1. The van der Waals surface area contributed by atoms with Crippen LogP contribution in [0.2, 0.25) is 0 Å². The number of H-pyrrole nitrogens is 1. The fourth-order valence-corrected chi connectivity index (χ4v) is 2.38. The van der Waals surface area contributed by atoms with Gasteiger partial charge in [-0.2, -0.15) is 0 Å². The Bertz CT molecular complexity index is 403. The summed E-state index contributed by atoms with van der Waals surface area (Å²) < 4.78 is 0. The summed E-state index contributed by atoms with van der Waals surface area (Å²) in [5.74, 6) is 0.578. The number of nitrogens with one attached hydrogen (secondary N) is 2. The van der Waals surface area contributed by atoms with E-state index in [1.807, 2.05) is 6.20 Å². The molecular formula is C11H15N3S. The number of imidazole rings is 1. The fraction of sp³-hybridized carbons (Fsp3) is 0.364. The number of hydrogen-bond acceptors (Lipinski definition) is 3. The molecule has 80 valence electrons. The smallest absolute Gasteiger partial charge is 0.0922 e. The largest absolute Gasteiger partial charge is 0.379 e. The highest BCUT2D eigenvalue weighted by molar-refractivity contribution is 7.10. The molecular weight excluding hydrogens is 206 g/mol. The Morgan fingerprint density at radius 3 is 3.07 bits per heavy atom. The van der Waals surface area contributed by atoms with Crippen LogP contribution in [0, 0.1) is 0 Å². The Balaban J connectivity index is 2.02. The molecule has 2 aromatic rings. The lowest BCUT2D eigenvalue weighted by molar-refractivity contribution is 0.887.